The fourth-order valence-electron chi connectivity index (χ4n) is 1.78. The Morgan fingerprint density at radius 3 is 2.74 bits per heavy atom. The molecule has 3 aromatic rings. The van der Waals surface area contributed by atoms with Gasteiger partial charge in [0.2, 0.25) is 0 Å². The van der Waals surface area contributed by atoms with Gasteiger partial charge in [-0.2, -0.15) is 15.4 Å². The van der Waals surface area contributed by atoms with Gasteiger partial charge in [0, 0.05) is 5.69 Å². The summed E-state index contributed by atoms with van der Waals surface area (Å²) in [5.41, 5.74) is 2.20. The molecule has 6 nitrogen and oxygen atoms in total. The molecule has 6 heteroatoms. The Morgan fingerprint density at radius 1 is 1.11 bits per heavy atom. The lowest BCUT2D eigenvalue weighted by Gasteiger charge is -2.06. The van der Waals surface area contributed by atoms with Crippen molar-refractivity contribution < 1.29 is 9.90 Å². The maximum atomic E-state index is 12.0. The van der Waals surface area contributed by atoms with Crippen LogP contribution < -0.4 is 5.32 Å². The summed E-state index contributed by atoms with van der Waals surface area (Å²) in [6.07, 6.45) is 0. The summed E-state index contributed by atoms with van der Waals surface area (Å²) >= 11 is 0. The van der Waals surface area contributed by atoms with E-state index in [1.54, 1.807) is 36.4 Å². The molecule has 3 N–H and O–H groups in total. The van der Waals surface area contributed by atoms with E-state index in [0.29, 0.717) is 11.2 Å². The number of hydrogen-bond acceptors (Lipinski definition) is 4. The van der Waals surface area contributed by atoms with E-state index < -0.39 is 0 Å². The third-order valence-electron chi connectivity index (χ3n) is 2.72. The molecule has 0 aliphatic carbocycles. The normalized spacial score (nSPS) is 10.5. The van der Waals surface area contributed by atoms with E-state index in [0.717, 1.165) is 5.52 Å². The summed E-state index contributed by atoms with van der Waals surface area (Å²) in [5.74, 6) is -0.427. The van der Waals surface area contributed by atoms with Gasteiger partial charge < -0.3 is 10.4 Å². The van der Waals surface area contributed by atoms with Crippen LogP contribution in [0.1, 0.15) is 10.4 Å². The fourth-order valence-corrected chi connectivity index (χ4v) is 1.78. The minimum absolute atomic E-state index is 0.0532. The van der Waals surface area contributed by atoms with Gasteiger partial charge in [-0.1, -0.05) is 12.1 Å². The lowest BCUT2D eigenvalue weighted by atomic mass is 10.2. The van der Waals surface area contributed by atoms with Crippen LogP contribution in [0.15, 0.2) is 42.5 Å². The van der Waals surface area contributed by atoms with Crippen LogP contribution in [0.3, 0.4) is 0 Å². The number of carbonyl (C=O) groups is 1. The van der Waals surface area contributed by atoms with Gasteiger partial charge in [-0.25, -0.2) is 0 Å². The first kappa shape index (κ1) is 11.2. The Labute approximate surface area is 108 Å². The second kappa shape index (κ2) is 4.41. The Morgan fingerprint density at radius 2 is 1.89 bits per heavy atom. The molecule has 0 fully saturated rings. The molecule has 19 heavy (non-hydrogen) atoms. The molecule has 0 unspecified atom stereocenters. The molecular weight excluding hydrogens is 244 g/mol. The molecule has 0 saturated heterocycles. The lowest BCUT2D eigenvalue weighted by Crippen LogP contribution is -2.11. The molecular formula is C13H10N4O2. The van der Waals surface area contributed by atoms with Crippen LogP contribution in [-0.2, 0) is 0 Å². The average molecular weight is 254 g/mol. The number of fused-ring (bicyclic) bond motifs is 1. The number of phenols is 1. The predicted molar refractivity (Wildman–Crippen MR) is 69.9 cm³/mol. The van der Waals surface area contributed by atoms with E-state index in [1.807, 2.05) is 0 Å². The summed E-state index contributed by atoms with van der Waals surface area (Å²) in [5, 5.41) is 22.7. The number of benzene rings is 2. The van der Waals surface area contributed by atoms with Crippen LogP contribution in [-0.4, -0.2) is 26.4 Å². The minimum Gasteiger partial charge on any atom is -0.507 e. The second-order valence-electron chi connectivity index (χ2n) is 4.00. The number of rotatable bonds is 2. The zero-order valence-corrected chi connectivity index (χ0v) is 9.79. The molecule has 0 bridgehead atoms. The maximum absolute atomic E-state index is 12.0. The molecule has 1 heterocycles. The van der Waals surface area contributed by atoms with Gasteiger partial charge in [-0.3, -0.25) is 4.79 Å². The van der Waals surface area contributed by atoms with E-state index in [4.69, 9.17) is 0 Å². The number of aromatic amines is 1. The third kappa shape index (κ3) is 2.11. The van der Waals surface area contributed by atoms with Gasteiger partial charge in [0.15, 0.2) is 0 Å². The van der Waals surface area contributed by atoms with E-state index in [9.17, 15) is 9.90 Å². The van der Waals surface area contributed by atoms with Crippen molar-refractivity contribution >= 4 is 22.6 Å². The molecule has 0 radical (unpaired) electrons. The minimum atomic E-state index is -0.374. The number of para-hydroxylation sites is 1. The molecule has 94 valence electrons. The van der Waals surface area contributed by atoms with Gasteiger partial charge in [-0.15, -0.1) is 0 Å². The van der Waals surface area contributed by atoms with Crippen molar-refractivity contribution in [1.82, 2.24) is 15.4 Å². The van der Waals surface area contributed by atoms with E-state index >= 15 is 0 Å². The highest BCUT2D eigenvalue weighted by Crippen LogP contribution is 2.19. The highest BCUT2D eigenvalue weighted by molar-refractivity contribution is 6.06. The molecule has 1 aromatic heterocycles. The topological polar surface area (TPSA) is 90.9 Å². The van der Waals surface area contributed by atoms with Gasteiger partial charge in [0.25, 0.3) is 5.91 Å². The molecule has 0 atom stereocenters. The summed E-state index contributed by atoms with van der Waals surface area (Å²) in [4.78, 5) is 12.0. The lowest BCUT2D eigenvalue weighted by molar-refractivity contribution is 0.102. The number of hydrogen-bond donors (Lipinski definition) is 3. The summed E-state index contributed by atoms with van der Waals surface area (Å²) < 4.78 is 0. The van der Waals surface area contributed by atoms with Crippen molar-refractivity contribution in [2.75, 3.05) is 5.32 Å². The zero-order chi connectivity index (χ0) is 13.2. The smallest absolute Gasteiger partial charge is 0.259 e. The molecule has 0 saturated carbocycles. The molecule has 2 aromatic carbocycles. The van der Waals surface area contributed by atoms with Gasteiger partial charge in [0.05, 0.1) is 5.56 Å². The van der Waals surface area contributed by atoms with Gasteiger partial charge >= 0.3 is 0 Å². The first-order valence-corrected chi connectivity index (χ1v) is 5.64. The number of amides is 1. The number of nitrogens with zero attached hydrogens (tertiary/aromatic N) is 2. The summed E-state index contributed by atoms with van der Waals surface area (Å²) in [6.45, 7) is 0. The first-order chi connectivity index (χ1) is 9.24. The van der Waals surface area contributed by atoms with E-state index in [-0.39, 0.29) is 17.2 Å². The number of anilines is 1. The number of H-pyrrole nitrogens is 1. The average Bonchev–Trinajstić information content (AvgIpc) is 2.86. The van der Waals surface area contributed by atoms with Crippen LogP contribution in [0, 0.1) is 0 Å². The van der Waals surface area contributed by atoms with Crippen LogP contribution in [0.4, 0.5) is 5.69 Å². The standard InChI is InChI=1S/C13H10N4O2/c18-12-4-2-1-3-9(12)13(19)14-8-5-6-10-11(7-8)16-17-15-10/h1-7,18H,(H,14,19)(H,15,16,17). The van der Waals surface area contributed by atoms with Crippen LogP contribution >= 0.6 is 0 Å². The third-order valence-corrected chi connectivity index (χ3v) is 2.72. The first-order valence-electron chi connectivity index (χ1n) is 5.64. The second-order valence-corrected chi connectivity index (χ2v) is 4.00. The Hall–Kier alpha value is -2.89. The number of carbonyl (C=O) groups excluding carboxylic acids is 1. The highest BCUT2D eigenvalue weighted by atomic mass is 16.3. The predicted octanol–water partition coefficient (Wildman–Crippen LogP) is 1.92. The number of phenolic OH excluding ortho intramolecular Hbond substituents is 1. The SMILES string of the molecule is O=C(Nc1ccc2n[nH]nc2c1)c1ccccc1O. The monoisotopic (exact) mass is 254 g/mol. The number of aromatic nitrogens is 3. The van der Waals surface area contributed by atoms with Crippen LogP contribution in [0.5, 0.6) is 5.75 Å². The molecule has 3 rings (SSSR count). The van der Waals surface area contributed by atoms with Crippen molar-refractivity contribution in [3.8, 4) is 5.75 Å². The van der Waals surface area contributed by atoms with E-state index in [2.05, 4.69) is 20.7 Å². The molecule has 0 aliphatic rings. The highest BCUT2D eigenvalue weighted by Gasteiger charge is 2.10. The largest absolute Gasteiger partial charge is 0.507 e. The molecule has 1 amide bonds. The Bertz CT molecular complexity index is 751. The van der Waals surface area contributed by atoms with Crippen molar-refractivity contribution in [3.05, 3.63) is 48.0 Å². The zero-order valence-electron chi connectivity index (χ0n) is 9.79. The summed E-state index contributed by atoms with van der Waals surface area (Å²) in [6, 6.07) is 11.6. The molecule has 0 aliphatic heterocycles. The number of nitrogens with one attached hydrogen (secondary N) is 2. The fraction of sp³-hybridized carbons (Fsp3) is 0. The Kier molecular flexibility index (Phi) is 2.60. The maximum Gasteiger partial charge on any atom is 0.259 e. The van der Waals surface area contributed by atoms with Crippen LogP contribution in [0.2, 0.25) is 0 Å². The van der Waals surface area contributed by atoms with Gasteiger partial charge in [-0.05, 0) is 30.3 Å². The van der Waals surface area contributed by atoms with Crippen molar-refractivity contribution in [1.29, 1.82) is 0 Å². The van der Waals surface area contributed by atoms with Gasteiger partial charge in [0.1, 0.15) is 16.8 Å². The quantitative estimate of drug-likeness (QED) is 0.651. The van der Waals surface area contributed by atoms with Crippen molar-refractivity contribution in [3.63, 3.8) is 0 Å². The van der Waals surface area contributed by atoms with Crippen LogP contribution in [0.25, 0.3) is 11.0 Å². The summed E-state index contributed by atoms with van der Waals surface area (Å²) in [7, 11) is 0. The number of aromatic hydroxyl groups is 1. The van der Waals surface area contributed by atoms with Crippen molar-refractivity contribution in [2.45, 2.75) is 0 Å². The Balaban J connectivity index is 1.88. The molecule has 0 spiro atoms. The van der Waals surface area contributed by atoms with E-state index in [1.165, 1.54) is 6.07 Å². The van der Waals surface area contributed by atoms with Crippen molar-refractivity contribution in [2.24, 2.45) is 0 Å².